The van der Waals surface area contributed by atoms with E-state index < -0.39 is 0 Å². The lowest BCUT2D eigenvalue weighted by molar-refractivity contribution is 0.0827. The van der Waals surface area contributed by atoms with Gasteiger partial charge in [0.1, 0.15) is 5.75 Å². The summed E-state index contributed by atoms with van der Waals surface area (Å²) in [5, 5.41) is 0. The van der Waals surface area contributed by atoms with Crippen molar-refractivity contribution >= 4 is 11.6 Å². The summed E-state index contributed by atoms with van der Waals surface area (Å²) in [5.41, 5.74) is 1.60. The third-order valence-electron chi connectivity index (χ3n) is 2.91. The number of benzene rings is 1. The second-order valence-corrected chi connectivity index (χ2v) is 5.09. The van der Waals surface area contributed by atoms with Crippen LogP contribution in [0.4, 0.5) is 5.69 Å². The molecule has 98 valence electrons. The zero-order valence-corrected chi connectivity index (χ0v) is 11.4. The first kappa shape index (κ1) is 12.7. The number of nitrogens with zero attached hydrogens (tertiary/aromatic N) is 2. The fourth-order valence-corrected chi connectivity index (χ4v) is 1.77. The second-order valence-electron chi connectivity index (χ2n) is 5.09. The standard InChI is InChI=1S/C14H20N2O2/c1-15(2)13-8-7-11(18-10-5-6-10)9-12(13)14(17)16(3)4/h7-10H,5-6H2,1-4H3. The number of carbonyl (C=O) groups is 1. The van der Waals surface area contributed by atoms with E-state index in [4.69, 9.17) is 4.74 Å². The van der Waals surface area contributed by atoms with Crippen molar-refractivity contribution in [3.63, 3.8) is 0 Å². The predicted octanol–water partition coefficient (Wildman–Crippen LogP) is 2.00. The zero-order chi connectivity index (χ0) is 13.3. The van der Waals surface area contributed by atoms with E-state index in [9.17, 15) is 4.79 Å². The van der Waals surface area contributed by atoms with Gasteiger partial charge in [0.25, 0.3) is 5.91 Å². The van der Waals surface area contributed by atoms with Gasteiger partial charge in [-0.25, -0.2) is 0 Å². The van der Waals surface area contributed by atoms with Crippen LogP contribution in [0.2, 0.25) is 0 Å². The van der Waals surface area contributed by atoms with Gasteiger partial charge in [-0.15, -0.1) is 0 Å². The number of rotatable bonds is 4. The summed E-state index contributed by atoms with van der Waals surface area (Å²) in [7, 11) is 7.39. The normalized spacial score (nSPS) is 14.2. The topological polar surface area (TPSA) is 32.8 Å². The first-order valence-electron chi connectivity index (χ1n) is 6.18. The lowest BCUT2D eigenvalue weighted by Gasteiger charge is -2.20. The maximum Gasteiger partial charge on any atom is 0.255 e. The molecule has 1 amide bonds. The van der Waals surface area contributed by atoms with E-state index in [1.807, 2.05) is 37.2 Å². The molecule has 0 saturated heterocycles. The van der Waals surface area contributed by atoms with Crippen LogP contribution in [0.1, 0.15) is 23.2 Å². The molecule has 0 spiro atoms. The number of amides is 1. The van der Waals surface area contributed by atoms with Crippen LogP contribution in [0.5, 0.6) is 5.75 Å². The Balaban J connectivity index is 2.33. The molecule has 1 aliphatic carbocycles. The Morgan fingerprint density at radius 3 is 2.39 bits per heavy atom. The highest BCUT2D eigenvalue weighted by Crippen LogP contribution is 2.30. The molecule has 1 aliphatic rings. The van der Waals surface area contributed by atoms with Crippen LogP contribution in [-0.4, -0.2) is 45.1 Å². The fourth-order valence-electron chi connectivity index (χ4n) is 1.77. The maximum absolute atomic E-state index is 12.2. The number of hydrogen-bond acceptors (Lipinski definition) is 3. The Hall–Kier alpha value is -1.71. The van der Waals surface area contributed by atoms with E-state index in [0.717, 1.165) is 24.3 Å². The molecule has 4 nitrogen and oxygen atoms in total. The summed E-state index contributed by atoms with van der Waals surface area (Å²) in [6.45, 7) is 0. The summed E-state index contributed by atoms with van der Waals surface area (Å²) in [4.78, 5) is 15.7. The lowest BCUT2D eigenvalue weighted by Crippen LogP contribution is -2.24. The van der Waals surface area contributed by atoms with Gasteiger partial charge in [0.2, 0.25) is 0 Å². The van der Waals surface area contributed by atoms with E-state index in [-0.39, 0.29) is 5.91 Å². The van der Waals surface area contributed by atoms with Crippen LogP contribution < -0.4 is 9.64 Å². The highest BCUT2D eigenvalue weighted by molar-refractivity contribution is 6.00. The van der Waals surface area contributed by atoms with Crippen molar-refractivity contribution in [2.75, 3.05) is 33.1 Å². The Bertz CT molecular complexity index is 451. The van der Waals surface area contributed by atoms with Gasteiger partial charge >= 0.3 is 0 Å². The van der Waals surface area contributed by atoms with Crippen LogP contribution in [-0.2, 0) is 0 Å². The van der Waals surface area contributed by atoms with E-state index in [1.165, 1.54) is 0 Å². The fraction of sp³-hybridized carbons (Fsp3) is 0.500. The quantitative estimate of drug-likeness (QED) is 0.817. The van der Waals surface area contributed by atoms with E-state index in [2.05, 4.69) is 0 Å². The number of carbonyl (C=O) groups excluding carboxylic acids is 1. The molecule has 18 heavy (non-hydrogen) atoms. The molecule has 0 unspecified atom stereocenters. The average molecular weight is 248 g/mol. The maximum atomic E-state index is 12.2. The molecule has 0 aromatic heterocycles. The molecule has 0 radical (unpaired) electrons. The summed E-state index contributed by atoms with van der Waals surface area (Å²) < 4.78 is 5.74. The molecule has 1 aromatic rings. The van der Waals surface area contributed by atoms with Crippen molar-refractivity contribution in [2.45, 2.75) is 18.9 Å². The minimum atomic E-state index is -0.0000491. The van der Waals surface area contributed by atoms with Crippen LogP contribution >= 0.6 is 0 Å². The molecular weight excluding hydrogens is 228 g/mol. The summed E-state index contributed by atoms with van der Waals surface area (Å²) in [6, 6.07) is 5.71. The van der Waals surface area contributed by atoms with Gasteiger partial charge in [-0.3, -0.25) is 4.79 Å². The third kappa shape index (κ3) is 2.75. The lowest BCUT2D eigenvalue weighted by atomic mass is 10.1. The third-order valence-corrected chi connectivity index (χ3v) is 2.91. The zero-order valence-electron chi connectivity index (χ0n) is 11.4. The van der Waals surface area contributed by atoms with Gasteiger partial charge in [-0.05, 0) is 31.0 Å². The SMILES string of the molecule is CN(C)C(=O)c1cc(OC2CC2)ccc1N(C)C. The van der Waals surface area contributed by atoms with E-state index in [0.29, 0.717) is 11.7 Å². The van der Waals surface area contributed by atoms with E-state index >= 15 is 0 Å². The highest BCUT2D eigenvalue weighted by atomic mass is 16.5. The number of ether oxygens (including phenoxy) is 1. The Kier molecular flexibility index (Phi) is 3.45. The Morgan fingerprint density at radius 1 is 1.22 bits per heavy atom. The minimum Gasteiger partial charge on any atom is -0.490 e. The highest BCUT2D eigenvalue weighted by Gasteiger charge is 2.24. The van der Waals surface area contributed by atoms with Gasteiger partial charge in [0.15, 0.2) is 0 Å². The average Bonchev–Trinajstić information content (AvgIpc) is 3.11. The van der Waals surface area contributed by atoms with E-state index in [1.54, 1.807) is 19.0 Å². The Labute approximate surface area is 108 Å². The largest absolute Gasteiger partial charge is 0.490 e. The first-order valence-corrected chi connectivity index (χ1v) is 6.18. The molecule has 0 N–H and O–H groups in total. The van der Waals surface area contributed by atoms with Crippen molar-refractivity contribution in [2.24, 2.45) is 0 Å². The number of hydrogen-bond donors (Lipinski definition) is 0. The molecule has 0 atom stereocenters. The second kappa shape index (κ2) is 4.88. The van der Waals surface area contributed by atoms with Gasteiger partial charge in [0, 0.05) is 33.9 Å². The van der Waals surface area contributed by atoms with Gasteiger partial charge in [-0.1, -0.05) is 0 Å². The van der Waals surface area contributed by atoms with Crippen LogP contribution in [0.25, 0.3) is 0 Å². The van der Waals surface area contributed by atoms with Crippen molar-refractivity contribution in [1.82, 2.24) is 4.90 Å². The van der Waals surface area contributed by atoms with Gasteiger partial charge in [0.05, 0.1) is 11.7 Å². The minimum absolute atomic E-state index is 0.0000491. The van der Waals surface area contributed by atoms with Gasteiger partial charge < -0.3 is 14.5 Å². The molecule has 0 aliphatic heterocycles. The monoisotopic (exact) mass is 248 g/mol. The van der Waals surface area contributed by atoms with Crippen molar-refractivity contribution in [3.8, 4) is 5.75 Å². The van der Waals surface area contributed by atoms with Crippen molar-refractivity contribution in [3.05, 3.63) is 23.8 Å². The summed E-state index contributed by atoms with van der Waals surface area (Å²) in [5.74, 6) is 0.785. The van der Waals surface area contributed by atoms with Crippen LogP contribution in [0.15, 0.2) is 18.2 Å². The van der Waals surface area contributed by atoms with Crippen LogP contribution in [0.3, 0.4) is 0 Å². The molecule has 0 bridgehead atoms. The van der Waals surface area contributed by atoms with Crippen molar-refractivity contribution in [1.29, 1.82) is 0 Å². The summed E-state index contributed by atoms with van der Waals surface area (Å²) >= 11 is 0. The van der Waals surface area contributed by atoms with Crippen LogP contribution in [0, 0.1) is 0 Å². The number of anilines is 1. The summed E-state index contributed by atoms with van der Waals surface area (Å²) in [6.07, 6.45) is 2.58. The Morgan fingerprint density at radius 2 is 1.89 bits per heavy atom. The predicted molar refractivity (Wildman–Crippen MR) is 72.4 cm³/mol. The smallest absolute Gasteiger partial charge is 0.255 e. The molecule has 0 heterocycles. The molecular formula is C14H20N2O2. The van der Waals surface area contributed by atoms with Gasteiger partial charge in [-0.2, -0.15) is 0 Å². The first-order chi connectivity index (χ1) is 8.49. The molecule has 1 saturated carbocycles. The molecule has 1 fully saturated rings. The van der Waals surface area contributed by atoms with Crippen molar-refractivity contribution < 1.29 is 9.53 Å². The molecule has 1 aromatic carbocycles. The molecule has 2 rings (SSSR count). The molecule has 4 heteroatoms.